The highest BCUT2D eigenvalue weighted by atomic mass is 35.5. The number of allylic oxidation sites excluding steroid dienone is 1. The molecule has 0 aliphatic heterocycles. The molecule has 0 amide bonds. The Morgan fingerprint density at radius 2 is 2.05 bits per heavy atom. The predicted octanol–water partition coefficient (Wildman–Crippen LogP) is 4.63. The quantitative estimate of drug-likeness (QED) is 0.804. The third-order valence-electron chi connectivity index (χ3n) is 2.29. The van der Waals surface area contributed by atoms with Crippen molar-refractivity contribution in [3.8, 4) is 5.75 Å². The number of alkyl halides is 3. The molecular formula is C12H14Cl2F3NO. The highest BCUT2D eigenvalue weighted by molar-refractivity contribution is 6.32. The van der Waals surface area contributed by atoms with Gasteiger partial charge in [0.15, 0.2) is 0 Å². The van der Waals surface area contributed by atoms with Crippen LogP contribution in [-0.4, -0.2) is 6.36 Å². The molecule has 1 atom stereocenters. The van der Waals surface area contributed by atoms with Gasteiger partial charge in [-0.05, 0) is 30.5 Å². The zero-order valence-corrected chi connectivity index (χ0v) is 11.5. The van der Waals surface area contributed by atoms with E-state index in [1.807, 2.05) is 0 Å². The van der Waals surface area contributed by atoms with Crippen molar-refractivity contribution in [2.75, 3.05) is 0 Å². The van der Waals surface area contributed by atoms with E-state index in [2.05, 4.69) is 11.3 Å². The summed E-state index contributed by atoms with van der Waals surface area (Å²) in [5.41, 5.74) is 6.52. The van der Waals surface area contributed by atoms with E-state index < -0.39 is 12.1 Å². The van der Waals surface area contributed by atoms with Gasteiger partial charge in [-0.15, -0.1) is 32.2 Å². The lowest BCUT2D eigenvalue weighted by molar-refractivity contribution is -0.274. The van der Waals surface area contributed by atoms with Gasteiger partial charge < -0.3 is 10.5 Å². The normalized spacial score (nSPS) is 12.5. The van der Waals surface area contributed by atoms with Crippen LogP contribution in [0.4, 0.5) is 13.2 Å². The second kappa shape index (κ2) is 7.62. The molecule has 2 N–H and O–H groups in total. The van der Waals surface area contributed by atoms with E-state index in [4.69, 9.17) is 17.3 Å². The molecule has 19 heavy (non-hydrogen) atoms. The molecule has 1 rings (SSSR count). The van der Waals surface area contributed by atoms with Gasteiger partial charge in [0, 0.05) is 6.04 Å². The molecule has 108 valence electrons. The maximum Gasteiger partial charge on any atom is 0.573 e. The van der Waals surface area contributed by atoms with Gasteiger partial charge in [-0.2, -0.15) is 0 Å². The zero-order chi connectivity index (χ0) is 13.8. The van der Waals surface area contributed by atoms with Gasteiger partial charge in [-0.1, -0.05) is 23.7 Å². The summed E-state index contributed by atoms with van der Waals surface area (Å²) in [4.78, 5) is 0. The first-order valence-corrected chi connectivity index (χ1v) is 5.63. The molecule has 0 saturated heterocycles. The molecule has 0 aromatic heterocycles. The van der Waals surface area contributed by atoms with Crippen molar-refractivity contribution in [2.24, 2.45) is 5.73 Å². The summed E-state index contributed by atoms with van der Waals surface area (Å²) in [5, 5.41) is -0.112. The van der Waals surface area contributed by atoms with Crippen molar-refractivity contribution in [3.05, 3.63) is 41.4 Å². The van der Waals surface area contributed by atoms with Crippen LogP contribution >= 0.6 is 24.0 Å². The molecule has 0 aliphatic rings. The van der Waals surface area contributed by atoms with Gasteiger partial charge in [-0.3, -0.25) is 0 Å². The summed E-state index contributed by atoms with van der Waals surface area (Å²) in [6, 6.07) is 3.73. The minimum Gasteiger partial charge on any atom is -0.404 e. The monoisotopic (exact) mass is 315 g/mol. The third-order valence-corrected chi connectivity index (χ3v) is 2.59. The Balaban J connectivity index is 0.00000324. The topological polar surface area (TPSA) is 35.2 Å². The van der Waals surface area contributed by atoms with Gasteiger partial charge in [0.2, 0.25) is 0 Å². The fourth-order valence-electron chi connectivity index (χ4n) is 1.42. The number of hydrogen-bond donors (Lipinski definition) is 1. The van der Waals surface area contributed by atoms with E-state index >= 15 is 0 Å². The summed E-state index contributed by atoms with van der Waals surface area (Å²) in [5.74, 6) is -0.427. The van der Waals surface area contributed by atoms with Crippen LogP contribution in [-0.2, 0) is 0 Å². The Morgan fingerprint density at radius 3 is 2.53 bits per heavy atom. The molecule has 0 bridgehead atoms. The molecule has 1 aromatic rings. The lowest BCUT2D eigenvalue weighted by Crippen LogP contribution is -2.17. The van der Waals surface area contributed by atoms with Gasteiger partial charge in [0.05, 0.1) is 5.02 Å². The molecule has 0 radical (unpaired) electrons. The average Bonchev–Trinajstić information content (AvgIpc) is 2.27. The Labute approximate surface area is 120 Å². The first kappa shape index (κ1) is 18.1. The second-order valence-corrected chi connectivity index (χ2v) is 4.12. The minimum atomic E-state index is -4.75. The third kappa shape index (κ3) is 6.18. The van der Waals surface area contributed by atoms with Gasteiger partial charge in [-0.25, -0.2) is 0 Å². The summed E-state index contributed by atoms with van der Waals surface area (Å²) >= 11 is 5.71. The fraction of sp³-hybridized carbons (Fsp3) is 0.333. The number of ether oxygens (including phenoxy) is 1. The van der Waals surface area contributed by atoms with Crippen LogP contribution < -0.4 is 10.5 Å². The number of nitrogens with two attached hydrogens (primary N) is 1. The number of rotatable bonds is 5. The van der Waals surface area contributed by atoms with Crippen LogP contribution in [0.1, 0.15) is 24.4 Å². The van der Waals surface area contributed by atoms with Crippen LogP contribution in [0.15, 0.2) is 30.9 Å². The minimum absolute atomic E-state index is 0. The van der Waals surface area contributed by atoms with Crippen molar-refractivity contribution in [2.45, 2.75) is 25.2 Å². The Hall–Kier alpha value is -0.910. The Bertz CT molecular complexity index is 424. The molecular weight excluding hydrogens is 302 g/mol. The van der Waals surface area contributed by atoms with Crippen LogP contribution in [0.2, 0.25) is 5.02 Å². The first-order chi connectivity index (χ1) is 8.33. The second-order valence-electron chi connectivity index (χ2n) is 3.71. The smallest absolute Gasteiger partial charge is 0.404 e. The molecule has 0 spiro atoms. The van der Waals surface area contributed by atoms with Crippen molar-refractivity contribution in [1.29, 1.82) is 0 Å². The van der Waals surface area contributed by atoms with Crippen molar-refractivity contribution >= 4 is 24.0 Å². The predicted molar refractivity (Wildman–Crippen MR) is 71.7 cm³/mol. The highest BCUT2D eigenvalue weighted by Crippen LogP contribution is 2.32. The average molecular weight is 316 g/mol. The van der Waals surface area contributed by atoms with E-state index in [0.29, 0.717) is 12.0 Å². The van der Waals surface area contributed by atoms with E-state index in [-0.39, 0.29) is 23.5 Å². The molecule has 7 heteroatoms. The van der Waals surface area contributed by atoms with Gasteiger partial charge in [0.1, 0.15) is 5.75 Å². The molecule has 0 unspecified atom stereocenters. The van der Waals surface area contributed by atoms with Gasteiger partial charge >= 0.3 is 6.36 Å². The van der Waals surface area contributed by atoms with E-state index in [0.717, 1.165) is 6.42 Å². The number of benzene rings is 1. The lowest BCUT2D eigenvalue weighted by atomic mass is 10.0. The SMILES string of the molecule is C=CCC[C@H](N)c1ccc(OC(F)(F)F)c(Cl)c1.Cl. The van der Waals surface area contributed by atoms with Crippen LogP contribution in [0.3, 0.4) is 0 Å². The Morgan fingerprint density at radius 1 is 1.42 bits per heavy atom. The van der Waals surface area contributed by atoms with Crippen LogP contribution in [0.25, 0.3) is 0 Å². The zero-order valence-electron chi connectivity index (χ0n) is 9.91. The van der Waals surface area contributed by atoms with Gasteiger partial charge in [0.25, 0.3) is 0 Å². The number of hydrogen-bond acceptors (Lipinski definition) is 2. The van der Waals surface area contributed by atoms with E-state index in [1.54, 1.807) is 6.08 Å². The Kier molecular flexibility index (Phi) is 7.26. The fourth-order valence-corrected chi connectivity index (χ4v) is 1.65. The standard InChI is InChI=1S/C12H13ClF3NO.ClH/c1-2-3-4-10(17)8-5-6-11(9(13)7-8)18-12(14,15)16;/h2,5-7,10H,1,3-4,17H2;1H/t10-;/m0./s1. The summed E-state index contributed by atoms with van der Waals surface area (Å²) < 4.78 is 39.9. The van der Waals surface area contributed by atoms with Crippen LogP contribution in [0, 0.1) is 0 Å². The van der Waals surface area contributed by atoms with Crippen molar-refractivity contribution < 1.29 is 17.9 Å². The molecule has 2 nitrogen and oxygen atoms in total. The van der Waals surface area contributed by atoms with Crippen LogP contribution in [0.5, 0.6) is 5.75 Å². The maximum absolute atomic E-state index is 12.0. The summed E-state index contributed by atoms with van der Waals surface area (Å²) in [6.45, 7) is 3.57. The lowest BCUT2D eigenvalue weighted by Gasteiger charge is -2.14. The number of halogens is 5. The first-order valence-electron chi connectivity index (χ1n) is 5.25. The summed E-state index contributed by atoms with van der Waals surface area (Å²) in [6.07, 6.45) is -1.66. The maximum atomic E-state index is 12.0. The van der Waals surface area contributed by atoms with E-state index in [9.17, 15) is 13.2 Å². The molecule has 0 fully saturated rings. The summed E-state index contributed by atoms with van der Waals surface area (Å²) in [7, 11) is 0. The van der Waals surface area contributed by atoms with Crippen molar-refractivity contribution in [3.63, 3.8) is 0 Å². The largest absolute Gasteiger partial charge is 0.573 e. The van der Waals surface area contributed by atoms with Crippen molar-refractivity contribution in [1.82, 2.24) is 0 Å². The molecule has 0 heterocycles. The molecule has 1 aromatic carbocycles. The highest BCUT2D eigenvalue weighted by Gasteiger charge is 2.32. The molecule has 0 aliphatic carbocycles. The molecule has 0 saturated carbocycles. The van der Waals surface area contributed by atoms with E-state index in [1.165, 1.54) is 18.2 Å².